The summed E-state index contributed by atoms with van der Waals surface area (Å²) >= 11 is 0. The smallest absolute Gasteiger partial charge is 0.392 e. The van der Waals surface area contributed by atoms with Crippen LogP contribution < -0.4 is 0 Å². The number of aromatic nitrogens is 1. The van der Waals surface area contributed by atoms with Crippen molar-refractivity contribution in [3.8, 4) is 0 Å². The summed E-state index contributed by atoms with van der Waals surface area (Å²) in [5.41, 5.74) is -3.51. The molecule has 0 fully saturated rings. The van der Waals surface area contributed by atoms with Crippen molar-refractivity contribution in [1.29, 1.82) is 0 Å². The topological polar surface area (TPSA) is 33.1 Å². The average molecular weight is 227 g/mol. The SMILES string of the molecule is OCc1ccnc(C(F)F)c1C(F)(F)F. The molecule has 0 atom stereocenters. The first-order chi connectivity index (χ1) is 6.88. The predicted octanol–water partition coefficient (Wildman–Crippen LogP) is 2.53. The summed E-state index contributed by atoms with van der Waals surface area (Å²) < 4.78 is 61.6. The Hall–Kier alpha value is -1.24. The Morgan fingerprint density at radius 2 is 1.93 bits per heavy atom. The van der Waals surface area contributed by atoms with Gasteiger partial charge in [0.2, 0.25) is 0 Å². The predicted molar refractivity (Wildman–Crippen MR) is 40.1 cm³/mol. The van der Waals surface area contributed by atoms with E-state index in [-0.39, 0.29) is 0 Å². The number of halogens is 5. The first-order valence-electron chi connectivity index (χ1n) is 3.82. The number of alkyl halides is 5. The van der Waals surface area contributed by atoms with E-state index in [9.17, 15) is 22.0 Å². The number of pyridine rings is 1. The molecule has 0 radical (unpaired) electrons. The van der Waals surface area contributed by atoms with Crippen molar-refractivity contribution in [2.75, 3.05) is 0 Å². The van der Waals surface area contributed by atoms with Gasteiger partial charge >= 0.3 is 6.18 Å². The van der Waals surface area contributed by atoms with Crippen molar-refractivity contribution in [2.24, 2.45) is 0 Å². The highest BCUT2D eigenvalue weighted by atomic mass is 19.4. The number of aliphatic hydroxyl groups excluding tert-OH is 1. The van der Waals surface area contributed by atoms with Gasteiger partial charge in [0.15, 0.2) is 0 Å². The van der Waals surface area contributed by atoms with Crippen LogP contribution in [0, 0.1) is 0 Å². The molecule has 84 valence electrons. The van der Waals surface area contributed by atoms with Gasteiger partial charge in [0, 0.05) is 6.20 Å². The van der Waals surface area contributed by atoms with Gasteiger partial charge in [-0.05, 0) is 11.6 Å². The molecule has 0 spiro atoms. The van der Waals surface area contributed by atoms with Gasteiger partial charge in [0.25, 0.3) is 6.43 Å². The Bertz CT molecular complexity index is 349. The number of aliphatic hydroxyl groups is 1. The van der Waals surface area contributed by atoms with Gasteiger partial charge in [-0.2, -0.15) is 13.2 Å². The summed E-state index contributed by atoms with van der Waals surface area (Å²) in [6, 6.07) is 0.856. The average Bonchev–Trinajstić information content (AvgIpc) is 2.15. The minimum Gasteiger partial charge on any atom is -0.392 e. The third kappa shape index (κ3) is 2.41. The van der Waals surface area contributed by atoms with Crippen LogP contribution in [0.3, 0.4) is 0 Å². The molecule has 0 unspecified atom stereocenters. The van der Waals surface area contributed by atoms with Crippen LogP contribution in [0.15, 0.2) is 12.3 Å². The van der Waals surface area contributed by atoms with Crippen molar-refractivity contribution < 1.29 is 27.1 Å². The van der Waals surface area contributed by atoms with Crippen molar-refractivity contribution >= 4 is 0 Å². The van der Waals surface area contributed by atoms with Gasteiger partial charge in [-0.25, -0.2) is 8.78 Å². The van der Waals surface area contributed by atoms with E-state index in [1.807, 2.05) is 0 Å². The van der Waals surface area contributed by atoms with E-state index >= 15 is 0 Å². The van der Waals surface area contributed by atoms with E-state index in [4.69, 9.17) is 5.11 Å². The summed E-state index contributed by atoms with van der Waals surface area (Å²) in [6.45, 7) is -0.961. The number of hydrogen-bond acceptors (Lipinski definition) is 2. The second-order valence-electron chi connectivity index (χ2n) is 2.69. The van der Waals surface area contributed by atoms with Crippen LogP contribution in [0.2, 0.25) is 0 Å². The van der Waals surface area contributed by atoms with Gasteiger partial charge in [0.1, 0.15) is 5.69 Å². The third-order valence-corrected chi connectivity index (χ3v) is 1.73. The van der Waals surface area contributed by atoms with E-state index < -0.39 is 36.0 Å². The van der Waals surface area contributed by atoms with Crippen LogP contribution in [-0.4, -0.2) is 10.1 Å². The Morgan fingerprint density at radius 1 is 1.33 bits per heavy atom. The molecular weight excluding hydrogens is 221 g/mol. The zero-order valence-electron chi connectivity index (χ0n) is 7.22. The highest BCUT2D eigenvalue weighted by Gasteiger charge is 2.38. The summed E-state index contributed by atoms with van der Waals surface area (Å²) in [5, 5.41) is 8.62. The Balaban J connectivity index is 3.41. The Morgan fingerprint density at radius 3 is 2.33 bits per heavy atom. The quantitative estimate of drug-likeness (QED) is 0.787. The number of nitrogens with zero attached hydrogens (tertiary/aromatic N) is 1. The van der Waals surface area contributed by atoms with E-state index in [1.54, 1.807) is 0 Å². The molecule has 0 amide bonds. The standard InChI is InChI=1S/C8H6F5NO/c9-7(10)6-5(8(11,12)13)4(3-15)1-2-14-6/h1-2,7,15H,3H2. The van der Waals surface area contributed by atoms with Crippen LogP contribution in [0.1, 0.15) is 23.2 Å². The molecule has 1 aromatic rings. The molecule has 0 bridgehead atoms. The molecule has 0 aliphatic heterocycles. The highest BCUT2D eigenvalue weighted by Crippen LogP contribution is 2.37. The molecule has 7 heteroatoms. The molecule has 15 heavy (non-hydrogen) atoms. The maximum absolute atomic E-state index is 12.4. The lowest BCUT2D eigenvalue weighted by molar-refractivity contribution is -0.141. The highest BCUT2D eigenvalue weighted by molar-refractivity contribution is 5.33. The van der Waals surface area contributed by atoms with Crippen LogP contribution in [0.5, 0.6) is 0 Å². The minimum absolute atomic E-state index is 0.604. The molecule has 1 aromatic heterocycles. The van der Waals surface area contributed by atoms with E-state index in [1.165, 1.54) is 0 Å². The maximum atomic E-state index is 12.4. The zero-order valence-corrected chi connectivity index (χ0v) is 7.22. The number of hydrogen-bond donors (Lipinski definition) is 1. The lowest BCUT2D eigenvalue weighted by Crippen LogP contribution is -2.14. The van der Waals surface area contributed by atoms with Crippen LogP contribution >= 0.6 is 0 Å². The maximum Gasteiger partial charge on any atom is 0.418 e. The first kappa shape index (κ1) is 11.8. The van der Waals surface area contributed by atoms with E-state index in [0.29, 0.717) is 0 Å². The molecule has 0 saturated heterocycles. The fraction of sp³-hybridized carbons (Fsp3) is 0.375. The molecule has 1 heterocycles. The molecule has 1 N–H and O–H groups in total. The van der Waals surface area contributed by atoms with Crippen molar-refractivity contribution in [2.45, 2.75) is 19.2 Å². The molecule has 1 rings (SSSR count). The first-order valence-corrected chi connectivity index (χ1v) is 3.82. The van der Waals surface area contributed by atoms with Gasteiger partial charge < -0.3 is 5.11 Å². The summed E-state index contributed by atoms with van der Waals surface area (Å²) in [7, 11) is 0. The minimum atomic E-state index is -4.95. The van der Waals surface area contributed by atoms with Crippen molar-refractivity contribution in [3.63, 3.8) is 0 Å². The lowest BCUT2D eigenvalue weighted by Gasteiger charge is -2.14. The van der Waals surface area contributed by atoms with Crippen LogP contribution in [-0.2, 0) is 12.8 Å². The zero-order chi connectivity index (χ0) is 11.6. The third-order valence-electron chi connectivity index (χ3n) is 1.73. The molecule has 0 aliphatic rings. The Labute approximate surface area is 81.4 Å². The second-order valence-corrected chi connectivity index (χ2v) is 2.69. The van der Waals surface area contributed by atoms with Gasteiger partial charge in [-0.3, -0.25) is 4.98 Å². The Kier molecular flexibility index (Phi) is 3.23. The van der Waals surface area contributed by atoms with E-state index in [0.717, 1.165) is 12.3 Å². The van der Waals surface area contributed by atoms with Crippen LogP contribution in [0.25, 0.3) is 0 Å². The molecule has 0 saturated carbocycles. The lowest BCUT2D eigenvalue weighted by atomic mass is 10.1. The van der Waals surface area contributed by atoms with E-state index in [2.05, 4.69) is 4.98 Å². The van der Waals surface area contributed by atoms with Crippen LogP contribution in [0.4, 0.5) is 22.0 Å². The summed E-state index contributed by atoms with van der Waals surface area (Å²) in [4.78, 5) is 2.97. The monoisotopic (exact) mass is 227 g/mol. The molecular formula is C8H6F5NO. The van der Waals surface area contributed by atoms with Crippen molar-refractivity contribution in [3.05, 3.63) is 29.1 Å². The normalized spacial score (nSPS) is 12.2. The van der Waals surface area contributed by atoms with Gasteiger partial charge in [-0.15, -0.1) is 0 Å². The summed E-state index contributed by atoms with van der Waals surface area (Å²) in [6.07, 6.45) is -7.46. The van der Waals surface area contributed by atoms with Crippen molar-refractivity contribution in [1.82, 2.24) is 4.98 Å². The van der Waals surface area contributed by atoms with Gasteiger partial charge in [-0.1, -0.05) is 0 Å². The second kappa shape index (κ2) is 4.09. The fourth-order valence-electron chi connectivity index (χ4n) is 1.14. The molecule has 0 aliphatic carbocycles. The fourth-order valence-corrected chi connectivity index (χ4v) is 1.14. The molecule has 0 aromatic carbocycles. The number of rotatable bonds is 2. The molecule has 2 nitrogen and oxygen atoms in total. The largest absolute Gasteiger partial charge is 0.418 e. The summed E-state index contributed by atoms with van der Waals surface area (Å²) in [5.74, 6) is 0. The van der Waals surface area contributed by atoms with Gasteiger partial charge in [0.05, 0.1) is 12.2 Å².